The smallest absolute Gasteiger partial charge is 0.268 e. The van der Waals surface area contributed by atoms with Crippen molar-refractivity contribution in [1.82, 2.24) is 9.88 Å². The van der Waals surface area contributed by atoms with Crippen molar-refractivity contribution in [3.8, 4) is 5.75 Å². The Morgan fingerprint density at radius 3 is 2.88 bits per heavy atom. The van der Waals surface area contributed by atoms with Gasteiger partial charge in [-0.15, -0.1) is 0 Å². The summed E-state index contributed by atoms with van der Waals surface area (Å²) in [6.07, 6.45) is 6.85. The third kappa shape index (κ3) is 2.67. The van der Waals surface area contributed by atoms with Gasteiger partial charge in [-0.25, -0.2) is 0 Å². The number of aromatic nitrogens is 1. The number of rotatable bonds is 3. The van der Waals surface area contributed by atoms with E-state index in [4.69, 9.17) is 16.3 Å². The average molecular weight is 347 g/mol. The van der Waals surface area contributed by atoms with Crippen molar-refractivity contribution in [1.29, 1.82) is 0 Å². The van der Waals surface area contributed by atoms with Gasteiger partial charge in [0.15, 0.2) is 0 Å². The van der Waals surface area contributed by atoms with Crippen molar-refractivity contribution in [2.45, 2.75) is 64.1 Å². The lowest BCUT2D eigenvalue weighted by Gasteiger charge is -2.27. The van der Waals surface area contributed by atoms with E-state index in [0.29, 0.717) is 23.3 Å². The molecule has 1 saturated carbocycles. The molecule has 1 N–H and O–H groups in total. The number of carbonyl (C=O) groups excluding carboxylic acids is 1. The highest BCUT2D eigenvalue weighted by molar-refractivity contribution is 6.36. The predicted molar refractivity (Wildman–Crippen MR) is 96.0 cm³/mol. The zero-order valence-corrected chi connectivity index (χ0v) is 14.7. The van der Waals surface area contributed by atoms with E-state index in [1.807, 2.05) is 18.2 Å². The summed E-state index contributed by atoms with van der Waals surface area (Å²) < 4.78 is 8.13. The molecule has 2 aromatic rings. The van der Waals surface area contributed by atoms with Crippen LogP contribution in [0.25, 0.3) is 10.9 Å². The Bertz CT molecular complexity index is 777. The maximum Gasteiger partial charge on any atom is 0.268 e. The molecular formula is C19H23ClN2O2. The number of carbonyl (C=O) groups is 1. The van der Waals surface area contributed by atoms with Crippen LogP contribution in [0.2, 0.25) is 5.02 Å². The average Bonchev–Trinajstić information content (AvgIpc) is 3.00. The van der Waals surface area contributed by atoms with Gasteiger partial charge in [0.1, 0.15) is 17.5 Å². The molecule has 1 amide bonds. The van der Waals surface area contributed by atoms with Gasteiger partial charge < -0.3 is 14.6 Å². The van der Waals surface area contributed by atoms with Crippen LogP contribution < -0.4 is 10.1 Å². The molecule has 4 rings (SSSR count). The monoisotopic (exact) mass is 346 g/mol. The van der Waals surface area contributed by atoms with Crippen LogP contribution in [0.3, 0.4) is 0 Å². The number of nitrogens with zero attached hydrogens (tertiary/aromatic N) is 1. The van der Waals surface area contributed by atoms with Crippen molar-refractivity contribution >= 4 is 28.4 Å². The van der Waals surface area contributed by atoms with E-state index in [2.05, 4.69) is 16.8 Å². The van der Waals surface area contributed by atoms with Crippen molar-refractivity contribution in [2.24, 2.45) is 0 Å². The van der Waals surface area contributed by atoms with Gasteiger partial charge >= 0.3 is 0 Å². The predicted octanol–water partition coefficient (Wildman–Crippen LogP) is 4.53. The minimum atomic E-state index is 0.0110. The second-order valence-corrected chi connectivity index (χ2v) is 7.31. The first-order valence-corrected chi connectivity index (χ1v) is 9.34. The Morgan fingerprint density at radius 2 is 2.12 bits per heavy atom. The number of nitrogens with one attached hydrogen (secondary N) is 1. The molecule has 1 aromatic heterocycles. The van der Waals surface area contributed by atoms with Crippen LogP contribution in [0.4, 0.5) is 0 Å². The van der Waals surface area contributed by atoms with E-state index >= 15 is 0 Å². The Hall–Kier alpha value is -1.68. The molecule has 2 aliphatic rings. The van der Waals surface area contributed by atoms with E-state index in [9.17, 15) is 4.79 Å². The van der Waals surface area contributed by atoms with Crippen molar-refractivity contribution < 1.29 is 9.53 Å². The van der Waals surface area contributed by atoms with E-state index in [1.54, 1.807) is 0 Å². The van der Waals surface area contributed by atoms with Crippen molar-refractivity contribution in [3.63, 3.8) is 0 Å². The third-order valence-electron chi connectivity index (χ3n) is 5.28. The van der Waals surface area contributed by atoms with Gasteiger partial charge in [-0.3, -0.25) is 4.79 Å². The molecule has 1 fully saturated rings. The van der Waals surface area contributed by atoms with Gasteiger partial charge in [-0.2, -0.15) is 0 Å². The van der Waals surface area contributed by atoms with Gasteiger partial charge in [0, 0.05) is 11.4 Å². The molecule has 0 bridgehead atoms. The molecule has 24 heavy (non-hydrogen) atoms. The minimum absolute atomic E-state index is 0.0110. The van der Waals surface area contributed by atoms with Crippen LogP contribution in [0, 0.1) is 0 Å². The zero-order valence-electron chi connectivity index (χ0n) is 14.0. The molecule has 1 aromatic carbocycles. The van der Waals surface area contributed by atoms with Crippen LogP contribution >= 0.6 is 11.6 Å². The fourth-order valence-electron chi connectivity index (χ4n) is 3.93. The van der Waals surface area contributed by atoms with Gasteiger partial charge in [-0.1, -0.05) is 37.8 Å². The van der Waals surface area contributed by atoms with Crippen molar-refractivity contribution in [3.05, 3.63) is 28.9 Å². The Labute approximate surface area is 147 Å². The Morgan fingerprint density at radius 1 is 1.33 bits per heavy atom. The molecule has 4 nitrogen and oxygen atoms in total. The summed E-state index contributed by atoms with van der Waals surface area (Å²) in [6, 6.07) is 5.98. The normalized spacial score (nSPS) is 20.8. The summed E-state index contributed by atoms with van der Waals surface area (Å²) in [5.74, 6) is 0.834. The quantitative estimate of drug-likeness (QED) is 0.887. The van der Waals surface area contributed by atoms with Crippen LogP contribution in [0.5, 0.6) is 5.75 Å². The Balaban J connectivity index is 1.72. The fraction of sp³-hybridized carbons (Fsp3) is 0.526. The maximum absolute atomic E-state index is 12.9. The van der Waals surface area contributed by atoms with Crippen LogP contribution in [-0.4, -0.2) is 22.6 Å². The molecule has 128 valence electrons. The first-order valence-electron chi connectivity index (χ1n) is 8.96. The van der Waals surface area contributed by atoms with Gasteiger partial charge in [0.2, 0.25) is 0 Å². The summed E-state index contributed by atoms with van der Waals surface area (Å²) in [7, 11) is 0. The number of benzene rings is 1. The lowest BCUT2D eigenvalue weighted by atomic mass is 9.95. The summed E-state index contributed by atoms with van der Waals surface area (Å²) in [5.41, 5.74) is 1.65. The van der Waals surface area contributed by atoms with Gasteiger partial charge in [0.05, 0.1) is 17.1 Å². The number of hydrogen-bond donors (Lipinski definition) is 1. The lowest BCUT2D eigenvalue weighted by Crippen LogP contribution is -2.38. The van der Waals surface area contributed by atoms with Crippen LogP contribution in [-0.2, 0) is 6.54 Å². The Kier molecular flexibility index (Phi) is 4.17. The number of halogens is 1. The largest absolute Gasteiger partial charge is 0.486 e. The van der Waals surface area contributed by atoms with Crippen LogP contribution in [0.1, 0.15) is 55.9 Å². The first-order chi connectivity index (χ1) is 11.7. The molecule has 1 atom stereocenters. The second-order valence-electron chi connectivity index (χ2n) is 6.90. The van der Waals surface area contributed by atoms with E-state index in [-0.39, 0.29) is 12.0 Å². The molecule has 0 spiro atoms. The molecular weight excluding hydrogens is 324 g/mol. The topological polar surface area (TPSA) is 43.3 Å². The molecule has 0 radical (unpaired) electrons. The molecule has 1 aliphatic heterocycles. The number of ether oxygens (including phenoxy) is 1. The van der Waals surface area contributed by atoms with Crippen LogP contribution in [0.15, 0.2) is 18.2 Å². The molecule has 5 heteroatoms. The van der Waals surface area contributed by atoms with Gasteiger partial charge in [-0.05, 0) is 37.5 Å². The SMILES string of the molecule is CCC1Cn2c(C(=O)NC3CCCCC3)cc3c(Cl)ccc(c32)O1. The minimum Gasteiger partial charge on any atom is -0.486 e. The highest BCUT2D eigenvalue weighted by Crippen LogP contribution is 2.38. The van der Waals surface area contributed by atoms with Crippen molar-refractivity contribution in [2.75, 3.05) is 0 Å². The molecule has 2 heterocycles. The number of hydrogen-bond acceptors (Lipinski definition) is 2. The molecule has 0 saturated heterocycles. The number of amides is 1. The van der Waals surface area contributed by atoms with E-state index < -0.39 is 0 Å². The molecule has 1 aliphatic carbocycles. The second kappa shape index (κ2) is 6.32. The highest BCUT2D eigenvalue weighted by atomic mass is 35.5. The lowest BCUT2D eigenvalue weighted by molar-refractivity contribution is 0.0912. The third-order valence-corrected chi connectivity index (χ3v) is 5.61. The summed E-state index contributed by atoms with van der Waals surface area (Å²) in [4.78, 5) is 12.9. The first kappa shape index (κ1) is 15.8. The standard InChI is InChI=1S/C19H23ClN2O2/c1-2-13-11-22-16(19(23)21-12-6-4-3-5-7-12)10-14-15(20)8-9-17(24-13)18(14)22/h8-10,12-13H,2-7,11H2,1H3,(H,21,23). The highest BCUT2D eigenvalue weighted by Gasteiger charge is 2.28. The van der Waals surface area contributed by atoms with Gasteiger partial charge in [0.25, 0.3) is 5.91 Å². The summed E-state index contributed by atoms with van der Waals surface area (Å²) in [5, 5.41) is 4.79. The fourth-order valence-corrected chi connectivity index (χ4v) is 4.13. The zero-order chi connectivity index (χ0) is 16.7. The molecule has 1 unspecified atom stereocenters. The maximum atomic E-state index is 12.9. The summed E-state index contributed by atoms with van der Waals surface area (Å²) >= 11 is 6.36. The van der Waals surface area contributed by atoms with E-state index in [1.165, 1.54) is 19.3 Å². The van der Waals surface area contributed by atoms with E-state index in [0.717, 1.165) is 35.9 Å². The summed E-state index contributed by atoms with van der Waals surface area (Å²) in [6.45, 7) is 2.80.